The van der Waals surface area contributed by atoms with Crippen molar-refractivity contribution in [1.82, 2.24) is 0 Å². The Morgan fingerprint density at radius 3 is 2.47 bits per heavy atom. The van der Waals surface area contributed by atoms with Crippen LogP contribution in [0.4, 0.5) is 0 Å². The Morgan fingerprint density at radius 2 is 1.95 bits per heavy atom. The first-order valence-corrected chi connectivity index (χ1v) is 9.61. The van der Waals surface area contributed by atoms with Gasteiger partial charge in [-0.05, 0) is 24.1 Å². The molecule has 0 unspecified atom stereocenters. The van der Waals surface area contributed by atoms with Crippen molar-refractivity contribution in [3.63, 3.8) is 0 Å². The average Bonchev–Trinajstić information content (AvgIpc) is 2.96. The molecule has 0 radical (unpaired) electrons. The largest absolute Gasteiger partial charge is 0.497 e. The molecular formula is C17H24OSi. The van der Waals surface area contributed by atoms with Gasteiger partial charge in [0.25, 0.3) is 0 Å². The molecule has 2 rings (SSSR count). The van der Waals surface area contributed by atoms with Gasteiger partial charge in [-0.2, -0.15) is 0 Å². The molecule has 2 heteroatoms. The van der Waals surface area contributed by atoms with E-state index in [9.17, 15) is 0 Å². The second-order valence-electron chi connectivity index (χ2n) is 5.27. The Labute approximate surface area is 118 Å². The molecule has 1 nitrogen and oxygen atoms in total. The number of benzene rings is 1. The minimum Gasteiger partial charge on any atom is -0.497 e. The highest BCUT2D eigenvalue weighted by Crippen LogP contribution is 2.33. The zero-order valence-corrected chi connectivity index (χ0v) is 13.5. The Kier molecular flexibility index (Phi) is 4.30. The number of rotatable bonds is 5. The Hall–Kier alpha value is -1.28. The molecule has 19 heavy (non-hydrogen) atoms. The van der Waals surface area contributed by atoms with Crippen molar-refractivity contribution in [2.75, 3.05) is 7.11 Å². The third kappa shape index (κ3) is 2.30. The molecule has 0 heterocycles. The van der Waals surface area contributed by atoms with Crippen LogP contribution in [-0.2, 0) is 0 Å². The van der Waals surface area contributed by atoms with E-state index < -0.39 is 8.07 Å². The summed E-state index contributed by atoms with van der Waals surface area (Å²) in [6, 6.07) is 9.12. The van der Waals surface area contributed by atoms with Crippen molar-refractivity contribution in [1.29, 1.82) is 0 Å². The summed E-state index contributed by atoms with van der Waals surface area (Å²) in [5.41, 5.74) is 1.25. The standard InChI is InChI=1S/C17H24OSi/c1-5-19(6-2,15-11-7-8-12-15)16-13-9-10-14(3)17(16)18-4/h7-11,13H,5-6,12H2,1-4H3. The van der Waals surface area contributed by atoms with Crippen LogP contribution >= 0.6 is 0 Å². The molecule has 1 aliphatic carbocycles. The van der Waals surface area contributed by atoms with Crippen LogP contribution < -0.4 is 9.92 Å². The molecule has 0 amide bonds. The maximum atomic E-state index is 5.73. The summed E-state index contributed by atoms with van der Waals surface area (Å²) in [7, 11) is 0.193. The summed E-state index contributed by atoms with van der Waals surface area (Å²) in [6.45, 7) is 6.83. The Morgan fingerprint density at radius 1 is 1.21 bits per heavy atom. The van der Waals surface area contributed by atoms with Gasteiger partial charge in [0.2, 0.25) is 0 Å². The second-order valence-corrected chi connectivity index (χ2v) is 10.0. The van der Waals surface area contributed by atoms with Gasteiger partial charge in [-0.1, -0.05) is 67.6 Å². The molecule has 0 spiro atoms. The molecule has 1 aliphatic rings. The lowest BCUT2D eigenvalue weighted by atomic mass is 10.2. The maximum absolute atomic E-state index is 5.73. The van der Waals surface area contributed by atoms with E-state index >= 15 is 0 Å². The Bertz CT molecular complexity index is 510. The van der Waals surface area contributed by atoms with Crippen molar-refractivity contribution >= 4 is 13.3 Å². The number of hydrogen-bond donors (Lipinski definition) is 0. The van der Waals surface area contributed by atoms with Gasteiger partial charge >= 0.3 is 0 Å². The first-order valence-electron chi connectivity index (χ1n) is 7.19. The van der Waals surface area contributed by atoms with Crippen LogP contribution in [0.1, 0.15) is 25.8 Å². The lowest BCUT2D eigenvalue weighted by Gasteiger charge is -2.33. The Balaban J connectivity index is 2.59. The molecule has 1 aromatic carbocycles. The zero-order valence-electron chi connectivity index (χ0n) is 12.5. The van der Waals surface area contributed by atoms with Crippen LogP contribution in [0.3, 0.4) is 0 Å². The van der Waals surface area contributed by atoms with Crippen LogP contribution in [0, 0.1) is 6.92 Å². The summed E-state index contributed by atoms with van der Waals surface area (Å²) in [5.74, 6) is 1.12. The molecule has 0 saturated heterocycles. The summed E-state index contributed by atoms with van der Waals surface area (Å²) in [4.78, 5) is 0. The van der Waals surface area contributed by atoms with Gasteiger partial charge in [0, 0.05) is 0 Å². The number of para-hydroxylation sites is 1. The molecule has 0 atom stereocenters. The first kappa shape index (κ1) is 14.1. The predicted octanol–water partition coefficient (Wildman–Crippen LogP) is 4.12. The second kappa shape index (κ2) is 5.79. The number of hydrogen-bond acceptors (Lipinski definition) is 1. The average molecular weight is 272 g/mol. The summed E-state index contributed by atoms with van der Waals surface area (Å²) in [6.07, 6.45) is 7.97. The molecule has 0 aliphatic heterocycles. The topological polar surface area (TPSA) is 9.23 Å². The van der Waals surface area contributed by atoms with Gasteiger partial charge in [0.05, 0.1) is 7.11 Å². The fraction of sp³-hybridized carbons (Fsp3) is 0.412. The van der Waals surface area contributed by atoms with Crippen molar-refractivity contribution in [3.05, 3.63) is 47.2 Å². The molecule has 0 fully saturated rings. The molecule has 0 bridgehead atoms. The van der Waals surface area contributed by atoms with Crippen molar-refractivity contribution in [3.8, 4) is 5.75 Å². The van der Waals surface area contributed by atoms with E-state index in [0.717, 1.165) is 12.2 Å². The third-order valence-electron chi connectivity index (χ3n) is 4.52. The molecule has 0 N–H and O–H groups in total. The number of allylic oxidation sites excluding steroid dienone is 4. The van der Waals surface area contributed by atoms with Gasteiger partial charge in [-0.15, -0.1) is 0 Å². The molecule has 102 valence electrons. The van der Waals surface area contributed by atoms with Crippen molar-refractivity contribution in [2.24, 2.45) is 0 Å². The SMILES string of the molecule is CC[Si](CC)(C1=CC=CC1)c1cccc(C)c1OC. The van der Waals surface area contributed by atoms with Crippen LogP contribution in [0.25, 0.3) is 0 Å². The van der Waals surface area contributed by atoms with E-state index in [-0.39, 0.29) is 0 Å². The van der Waals surface area contributed by atoms with Crippen molar-refractivity contribution < 1.29 is 4.74 Å². The number of aryl methyl sites for hydroxylation is 1. The predicted molar refractivity (Wildman–Crippen MR) is 85.9 cm³/mol. The molecule has 0 aromatic heterocycles. The van der Waals surface area contributed by atoms with E-state index in [2.05, 4.69) is 57.2 Å². The van der Waals surface area contributed by atoms with Crippen LogP contribution in [-0.4, -0.2) is 15.2 Å². The smallest absolute Gasteiger partial charge is 0.121 e. The molecule has 1 aromatic rings. The minimum absolute atomic E-state index is 1.12. The molecular weight excluding hydrogens is 248 g/mol. The minimum atomic E-state index is -1.61. The van der Waals surface area contributed by atoms with Gasteiger partial charge < -0.3 is 4.74 Å². The normalized spacial score (nSPS) is 14.6. The van der Waals surface area contributed by atoms with Crippen LogP contribution in [0.5, 0.6) is 5.75 Å². The third-order valence-corrected chi connectivity index (χ3v) is 9.96. The number of methoxy groups -OCH3 is 1. The maximum Gasteiger partial charge on any atom is 0.121 e. The highest BCUT2D eigenvalue weighted by molar-refractivity contribution is 6.98. The first-order chi connectivity index (χ1) is 9.19. The van der Waals surface area contributed by atoms with Gasteiger partial charge in [0.15, 0.2) is 0 Å². The summed E-state index contributed by atoms with van der Waals surface area (Å²) >= 11 is 0. The van der Waals surface area contributed by atoms with Crippen LogP contribution in [0.2, 0.25) is 12.1 Å². The van der Waals surface area contributed by atoms with E-state index in [1.165, 1.54) is 22.8 Å². The van der Waals surface area contributed by atoms with Gasteiger partial charge in [0.1, 0.15) is 13.8 Å². The van der Waals surface area contributed by atoms with E-state index in [1.807, 2.05) is 0 Å². The van der Waals surface area contributed by atoms with E-state index in [4.69, 9.17) is 4.74 Å². The highest BCUT2D eigenvalue weighted by Gasteiger charge is 2.38. The lowest BCUT2D eigenvalue weighted by Crippen LogP contribution is -2.49. The van der Waals surface area contributed by atoms with E-state index in [0.29, 0.717) is 0 Å². The van der Waals surface area contributed by atoms with Gasteiger partial charge in [-0.25, -0.2) is 0 Å². The molecule has 0 saturated carbocycles. The quantitative estimate of drug-likeness (QED) is 0.733. The fourth-order valence-electron chi connectivity index (χ4n) is 3.36. The monoisotopic (exact) mass is 272 g/mol. The highest BCUT2D eigenvalue weighted by atomic mass is 28.3. The van der Waals surface area contributed by atoms with E-state index in [1.54, 1.807) is 12.3 Å². The fourth-order valence-corrected chi connectivity index (χ4v) is 7.95. The number of ether oxygens (including phenoxy) is 1. The summed E-state index contributed by atoms with van der Waals surface area (Å²) < 4.78 is 5.73. The van der Waals surface area contributed by atoms with Gasteiger partial charge in [-0.3, -0.25) is 0 Å². The van der Waals surface area contributed by atoms with Crippen molar-refractivity contribution in [2.45, 2.75) is 39.3 Å². The zero-order chi connectivity index (χ0) is 13.9. The van der Waals surface area contributed by atoms with Crippen LogP contribution in [0.15, 0.2) is 41.6 Å². The lowest BCUT2D eigenvalue weighted by molar-refractivity contribution is 0.415. The summed E-state index contributed by atoms with van der Waals surface area (Å²) in [5, 5.41) is 3.14.